The van der Waals surface area contributed by atoms with Gasteiger partial charge in [-0.2, -0.15) is 5.10 Å². The van der Waals surface area contributed by atoms with Crippen LogP contribution in [0.1, 0.15) is 49.0 Å². The van der Waals surface area contributed by atoms with Crippen LogP contribution in [0.15, 0.2) is 12.1 Å². The van der Waals surface area contributed by atoms with Gasteiger partial charge in [0.15, 0.2) is 5.82 Å². The normalized spacial score (nSPS) is 12.0. The third-order valence-corrected chi connectivity index (χ3v) is 3.89. The number of hydrogen-bond acceptors (Lipinski definition) is 3. The van der Waals surface area contributed by atoms with Crippen LogP contribution in [0.4, 0.5) is 0 Å². The van der Waals surface area contributed by atoms with Crippen LogP contribution in [0.5, 0.6) is 0 Å². The van der Waals surface area contributed by atoms with Crippen LogP contribution >= 0.6 is 0 Å². The topological polar surface area (TPSA) is 42.7 Å². The van der Waals surface area contributed by atoms with Gasteiger partial charge in [-0.05, 0) is 51.1 Å². The molecule has 2 aromatic rings. The first-order chi connectivity index (χ1) is 9.74. The van der Waals surface area contributed by atoms with Gasteiger partial charge < -0.3 is 5.32 Å². The van der Waals surface area contributed by atoms with Crippen molar-refractivity contribution in [1.29, 1.82) is 0 Å². The summed E-state index contributed by atoms with van der Waals surface area (Å²) < 4.78 is 1.96. The van der Waals surface area contributed by atoms with Gasteiger partial charge in [0.2, 0.25) is 0 Å². The lowest BCUT2D eigenvalue weighted by molar-refractivity contribution is 0.563. The van der Waals surface area contributed by atoms with Crippen LogP contribution in [0, 0.1) is 20.8 Å². The van der Waals surface area contributed by atoms with Crippen LogP contribution in [0.3, 0.4) is 0 Å². The first-order valence-corrected chi connectivity index (χ1v) is 7.43. The maximum absolute atomic E-state index is 4.85. The molecule has 114 valence electrons. The second-order valence-corrected chi connectivity index (χ2v) is 6.71. The predicted molar refractivity (Wildman–Crippen MR) is 87.0 cm³/mol. The van der Waals surface area contributed by atoms with Crippen LogP contribution in [-0.2, 0) is 12.0 Å². The van der Waals surface area contributed by atoms with Gasteiger partial charge in [0.25, 0.3) is 0 Å². The first kappa shape index (κ1) is 15.7. The summed E-state index contributed by atoms with van der Waals surface area (Å²) in [5, 5.41) is 7.85. The zero-order valence-corrected chi connectivity index (χ0v) is 14.2. The lowest BCUT2D eigenvalue weighted by Gasteiger charge is -2.20. The molecular weight excluding hydrogens is 260 g/mol. The molecule has 0 saturated heterocycles. The van der Waals surface area contributed by atoms with E-state index in [1.165, 1.54) is 11.1 Å². The van der Waals surface area contributed by atoms with Crippen LogP contribution in [0.25, 0.3) is 5.82 Å². The number of aryl methyl sites for hydroxylation is 1. The van der Waals surface area contributed by atoms with Crippen molar-refractivity contribution >= 4 is 0 Å². The zero-order chi connectivity index (χ0) is 15.8. The number of pyridine rings is 1. The highest BCUT2D eigenvalue weighted by atomic mass is 15.3. The Bertz CT molecular complexity index is 648. The fourth-order valence-corrected chi connectivity index (χ4v) is 2.31. The number of hydrogen-bond donors (Lipinski definition) is 1. The van der Waals surface area contributed by atoms with E-state index < -0.39 is 0 Å². The minimum atomic E-state index is 0.0175. The maximum atomic E-state index is 4.85. The second kappa shape index (κ2) is 5.60. The molecule has 0 spiro atoms. The smallest absolute Gasteiger partial charge is 0.154 e. The van der Waals surface area contributed by atoms with Crippen molar-refractivity contribution in [3.8, 4) is 5.82 Å². The quantitative estimate of drug-likeness (QED) is 0.942. The molecule has 0 unspecified atom stereocenters. The van der Waals surface area contributed by atoms with Crippen molar-refractivity contribution in [2.24, 2.45) is 0 Å². The molecule has 0 aliphatic carbocycles. The van der Waals surface area contributed by atoms with Crippen LogP contribution < -0.4 is 5.32 Å². The molecule has 2 rings (SSSR count). The lowest BCUT2D eigenvalue weighted by atomic mass is 9.90. The summed E-state index contributed by atoms with van der Waals surface area (Å²) in [5.74, 6) is 0.904. The van der Waals surface area contributed by atoms with Gasteiger partial charge in [-0.3, -0.25) is 0 Å². The Morgan fingerprint density at radius 1 is 1.14 bits per heavy atom. The Morgan fingerprint density at radius 3 is 2.29 bits per heavy atom. The summed E-state index contributed by atoms with van der Waals surface area (Å²) >= 11 is 0. The van der Waals surface area contributed by atoms with Crippen molar-refractivity contribution in [3.05, 3.63) is 40.3 Å². The summed E-state index contributed by atoms with van der Waals surface area (Å²) in [6, 6.07) is 4.29. The Labute approximate surface area is 127 Å². The largest absolute Gasteiger partial charge is 0.316 e. The molecule has 4 nitrogen and oxygen atoms in total. The van der Waals surface area contributed by atoms with Crippen molar-refractivity contribution in [2.45, 2.75) is 53.5 Å². The highest BCUT2D eigenvalue weighted by Gasteiger charge is 2.19. The fraction of sp³-hybridized carbons (Fsp3) is 0.529. The van der Waals surface area contributed by atoms with E-state index >= 15 is 0 Å². The van der Waals surface area contributed by atoms with Crippen molar-refractivity contribution < 1.29 is 0 Å². The highest BCUT2D eigenvalue weighted by Crippen LogP contribution is 2.24. The van der Waals surface area contributed by atoms with E-state index in [1.54, 1.807) is 0 Å². The van der Waals surface area contributed by atoms with Gasteiger partial charge in [0.05, 0.1) is 5.69 Å². The summed E-state index contributed by atoms with van der Waals surface area (Å²) in [6.45, 7) is 13.6. The molecule has 0 fully saturated rings. The van der Waals surface area contributed by atoms with Crippen molar-refractivity contribution in [3.63, 3.8) is 0 Å². The summed E-state index contributed by atoms with van der Waals surface area (Å²) in [5.41, 5.74) is 5.79. The minimum Gasteiger partial charge on any atom is -0.316 e. The molecule has 0 saturated carbocycles. The van der Waals surface area contributed by atoms with Crippen LogP contribution in [0.2, 0.25) is 0 Å². The molecule has 0 bridgehead atoms. The van der Waals surface area contributed by atoms with Crippen molar-refractivity contribution in [2.75, 3.05) is 7.05 Å². The van der Waals surface area contributed by atoms with Gasteiger partial charge in [-0.1, -0.05) is 20.8 Å². The predicted octanol–water partition coefficient (Wildman–Crippen LogP) is 3.21. The average Bonchev–Trinajstić information content (AvgIpc) is 2.66. The monoisotopic (exact) mass is 286 g/mol. The molecule has 0 aromatic carbocycles. The van der Waals surface area contributed by atoms with E-state index in [4.69, 9.17) is 4.98 Å². The van der Waals surface area contributed by atoms with Crippen molar-refractivity contribution in [1.82, 2.24) is 20.1 Å². The molecule has 4 heteroatoms. The van der Waals surface area contributed by atoms with Gasteiger partial charge in [-0.25, -0.2) is 9.67 Å². The Kier molecular flexibility index (Phi) is 4.19. The zero-order valence-electron chi connectivity index (χ0n) is 14.2. The number of aromatic nitrogens is 3. The van der Waals surface area contributed by atoms with Crippen LogP contribution in [-0.4, -0.2) is 21.8 Å². The minimum absolute atomic E-state index is 0.0175. The Balaban J connectivity index is 2.62. The third kappa shape index (κ3) is 3.16. The maximum Gasteiger partial charge on any atom is 0.154 e. The fourth-order valence-electron chi connectivity index (χ4n) is 2.31. The lowest BCUT2D eigenvalue weighted by Crippen LogP contribution is -2.17. The SMILES string of the molecule is CNCc1cc(-n2nc(C)c(C)c2C)nc(C(C)(C)C)c1. The third-order valence-electron chi connectivity index (χ3n) is 3.89. The first-order valence-electron chi connectivity index (χ1n) is 7.43. The Morgan fingerprint density at radius 2 is 1.81 bits per heavy atom. The van der Waals surface area contributed by atoms with E-state index in [2.05, 4.69) is 57.2 Å². The molecule has 0 atom stereocenters. The van der Waals surface area contributed by atoms with E-state index in [-0.39, 0.29) is 5.41 Å². The summed E-state index contributed by atoms with van der Waals surface area (Å²) in [6.07, 6.45) is 0. The number of rotatable bonds is 3. The molecule has 0 radical (unpaired) electrons. The molecule has 0 amide bonds. The van der Waals surface area contributed by atoms with E-state index in [0.29, 0.717) is 0 Å². The molecular formula is C17H26N4. The summed E-state index contributed by atoms with van der Waals surface area (Å²) in [7, 11) is 1.96. The highest BCUT2D eigenvalue weighted by molar-refractivity contribution is 5.36. The standard InChI is InChI=1S/C17H26N4/c1-11-12(2)20-21(13(11)3)16-9-14(10-18-7)8-15(19-16)17(4,5)6/h8-9,18H,10H2,1-7H3. The molecule has 0 aliphatic rings. The van der Waals surface area contributed by atoms with E-state index in [1.807, 2.05) is 18.7 Å². The summed E-state index contributed by atoms with van der Waals surface area (Å²) in [4.78, 5) is 4.85. The second-order valence-electron chi connectivity index (χ2n) is 6.71. The Hall–Kier alpha value is -1.68. The van der Waals surface area contributed by atoms with Gasteiger partial charge in [0, 0.05) is 23.3 Å². The molecule has 2 heterocycles. The van der Waals surface area contributed by atoms with E-state index in [0.717, 1.165) is 29.4 Å². The molecule has 1 N–H and O–H groups in total. The van der Waals surface area contributed by atoms with Gasteiger partial charge in [0.1, 0.15) is 0 Å². The average molecular weight is 286 g/mol. The van der Waals surface area contributed by atoms with E-state index in [9.17, 15) is 0 Å². The molecule has 21 heavy (non-hydrogen) atoms. The number of nitrogens with one attached hydrogen (secondary N) is 1. The van der Waals surface area contributed by atoms with Gasteiger partial charge >= 0.3 is 0 Å². The van der Waals surface area contributed by atoms with Gasteiger partial charge in [-0.15, -0.1) is 0 Å². The molecule has 0 aliphatic heterocycles. The number of nitrogens with zero attached hydrogens (tertiary/aromatic N) is 3. The molecule has 2 aromatic heterocycles.